The first-order chi connectivity index (χ1) is 13.0. The number of piperidine rings is 1. The second-order valence-corrected chi connectivity index (χ2v) is 8.56. The first-order valence-electron chi connectivity index (χ1n) is 9.20. The highest BCUT2D eigenvalue weighted by atomic mass is 35.5. The number of rotatable bonds is 5. The standard InChI is InChI=1S/C20H24ClN3O2S/c1-13(2)17(23-18(25)14-5-7-16(21)8-6-14)20(26)24-10-3-4-15(12-24)19-22-9-11-27-19/h5-9,11,13,15,17H,3-4,10,12H2,1-2H3,(H,23,25). The van der Waals surface area contributed by atoms with Gasteiger partial charge in [-0.05, 0) is 43.0 Å². The Morgan fingerprint density at radius 1 is 1.30 bits per heavy atom. The molecule has 27 heavy (non-hydrogen) atoms. The van der Waals surface area contributed by atoms with E-state index in [0.29, 0.717) is 17.1 Å². The minimum atomic E-state index is -0.553. The Bertz CT molecular complexity index is 777. The lowest BCUT2D eigenvalue weighted by atomic mass is 9.96. The van der Waals surface area contributed by atoms with E-state index in [1.807, 2.05) is 30.3 Å². The van der Waals surface area contributed by atoms with Gasteiger partial charge in [0.15, 0.2) is 0 Å². The lowest BCUT2D eigenvalue weighted by Gasteiger charge is -2.35. The van der Waals surface area contributed by atoms with Crippen molar-refractivity contribution in [3.8, 4) is 0 Å². The summed E-state index contributed by atoms with van der Waals surface area (Å²) in [6.45, 7) is 5.28. The lowest BCUT2D eigenvalue weighted by molar-refractivity contribution is -0.135. The second kappa shape index (κ2) is 8.85. The first-order valence-corrected chi connectivity index (χ1v) is 10.5. The molecule has 0 aliphatic carbocycles. The van der Waals surface area contributed by atoms with E-state index < -0.39 is 6.04 Å². The Morgan fingerprint density at radius 3 is 2.67 bits per heavy atom. The third-order valence-corrected chi connectivity index (χ3v) is 6.05. The Hall–Kier alpha value is -1.92. The maximum Gasteiger partial charge on any atom is 0.251 e. The van der Waals surface area contributed by atoms with Crippen molar-refractivity contribution in [1.82, 2.24) is 15.2 Å². The van der Waals surface area contributed by atoms with Crippen LogP contribution in [0, 0.1) is 5.92 Å². The molecule has 1 aliphatic heterocycles. The van der Waals surface area contributed by atoms with Gasteiger partial charge in [0.05, 0.1) is 5.01 Å². The number of thiazole rings is 1. The number of halogens is 1. The third kappa shape index (κ3) is 4.87. The molecule has 3 rings (SSSR count). The summed E-state index contributed by atoms with van der Waals surface area (Å²) in [5.74, 6) is -0.00256. The molecule has 2 atom stereocenters. The van der Waals surface area contributed by atoms with Crippen LogP contribution in [0.3, 0.4) is 0 Å². The van der Waals surface area contributed by atoms with Crippen molar-refractivity contribution in [3.63, 3.8) is 0 Å². The topological polar surface area (TPSA) is 62.3 Å². The van der Waals surface area contributed by atoms with Gasteiger partial charge in [0.25, 0.3) is 5.91 Å². The summed E-state index contributed by atoms with van der Waals surface area (Å²) in [7, 11) is 0. The molecule has 2 aromatic rings. The van der Waals surface area contributed by atoms with E-state index in [9.17, 15) is 9.59 Å². The van der Waals surface area contributed by atoms with Crippen molar-refractivity contribution in [2.24, 2.45) is 5.92 Å². The van der Waals surface area contributed by atoms with Crippen molar-refractivity contribution >= 4 is 34.8 Å². The average Bonchev–Trinajstić information content (AvgIpc) is 3.20. The van der Waals surface area contributed by atoms with Gasteiger partial charge in [-0.2, -0.15) is 0 Å². The zero-order valence-electron chi connectivity index (χ0n) is 15.5. The fourth-order valence-electron chi connectivity index (χ4n) is 3.35. The van der Waals surface area contributed by atoms with Crippen LogP contribution in [-0.2, 0) is 4.79 Å². The van der Waals surface area contributed by atoms with Gasteiger partial charge in [-0.3, -0.25) is 9.59 Å². The number of hydrogen-bond acceptors (Lipinski definition) is 4. The number of likely N-dealkylation sites (tertiary alicyclic amines) is 1. The SMILES string of the molecule is CC(C)C(NC(=O)c1ccc(Cl)cc1)C(=O)N1CCCC(c2nccs2)C1. The number of carbonyl (C=O) groups is 2. The predicted octanol–water partition coefficient (Wildman–Crippen LogP) is 3.96. The number of carbonyl (C=O) groups excluding carboxylic acids is 2. The number of nitrogens with one attached hydrogen (secondary N) is 1. The molecule has 144 valence electrons. The van der Waals surface area contributed by atoms with Crippen LogP contribution in [0.2, 0.25) is 5.02 Å². The molecule has 1 aromatic carbocycles. The minimum Gasteiger partial charge on any atom is -0.340 e. The molecule has 7 heteroatoms. The second-order valence-electron chi connectivity index (χ2n) is 7.20. The van der Waals surface area contributed by atoms with Crippen LogP contribution in [-0.4, -0.2) is 40.8 Å². The van der Waals surface area contributed by atoms with E-state index in [0.717, 1.165) is 24.4 Å². The number of hydrogen-bond donors (Lipinski definition) is 1. The van der Waals surface area contributed by atoms with Gasteiger partial charge in [-0.25, -0.2) is 4.98 Å². The van der Waals surface area contributed by atoms with Crippen molar-refractivity contribution in [1.29, 1.82) is 0 Å². The highest BCUT2D eigenvalue weighted by molar-refractivity contribution is 7.09. The molecule has 0 spiro atoms. The fraction of sp³-hybridized carbons (Fsp3) is 0.450. The van der Waals surface area contributed by atoms with Crippen LogP contribution < -0.4 is 5.32 Å². The summed E-state index contributed by atoms with van der Waals surface area (Å²) in [5, 5.41) is 6.54. The molecule has 2 amide bonds. The highest BCUT2D eigenvalue weighted by Crippen LogP contribution is 2.28. The van der Waals surface area contributed by atoms with Gasteiger partial charge in [0.1, 0.15) is 6.04 Å². The maximum atomic E-state index is 13.1. The van der Waals surface area contributed by atoms with Gasteiger partial charge < -0.3 is 10.2 Å². The molecule has 0 radical (unpaired) electrons. The molecule has 1 aliphatic rings. The number of amides is 2. The van der Waals surface area contributed by atoms with E-state index in [4.69, 9.17) is 11.6 Å². The number of benzene rings is 1. The predicted molar refractivity (Wildman–Crippen MR) is 108 cm³/mol. The van der Waals surface area contributed by atoms with Crippen LogP contribution in [0.4, 0.5) is 0 Å². The zero-order chi connectivity index (χ0) is 19.4. The van der Waals surface area contributed by atoms with E-state index in [1.165, 1.54) is 0 Å². The van der Waals surface area contributed by atoms with Gasteiger partial charge >= 0.3 is 0 Å². The molecular formula is C20H24ClN3O2S. The van der Waals surface area contributed by atoms with Crippen LogP contribution in [0.1, 0.15) is 48.0 Å². The van der Waals surface area contributed by atoms with E-state index in [1.54, 1.807) is 35.6 Å². The van der Waals surface area contributed by atoms with Gasteiger partial charge in [-0.15, -0.1) is 11.3 Å². The normalized spacial score (nSPS) is 18.4. The van der Waals surface area contributed by atoms with E-state index in [-0.39, 0.29) is 23.7 Å². The van der Waals surface area contributed by atoms with Crippen molar-refractivity contribution in [2.75, 3.05) is 13.1 Å². The molecule has 2 heterocycles. The van der Waals surface area contributed by atoms with E-state index in [2.05, 4.69) is 10.3 Å². The third-order valence-electron chi connectivity index (χ3n) is 4.86. The molecule has 0 saturated carbocycles. The molecule has 1 aromatic heterocycles. The Balaban J connectivity index is 1.69. The van der Waals surface area contributed by atoms with Gasteiger partial charge in [0, 0.05) is 41.2 Å². The quantitative estimate of drug-likeness (QED) is 0.818. The monoisotopic (exact) mass is 405 g/mol. The number of aromatic nitrogens is 1. The molecule has 5 nitrogen and oxygen atoms in total. The summed E-state index contributed by atoms with van der Waals surface area (Å²) in [6.07, 6.45) is 3.80. The molecule has 0 bridgehead atoms. The summed E-state index contributed by atoms with van der Waals surface area (Å²) in [5.41, 5.74) is 0.497. The summed E-state index contributed by atoms with van der Waals surface area (Å²) in [6, 6.07) is 6.12. The fourth-order valence-corrected chi connectivity index (χ4v) is 4.24. The summed E-state index contributed by atoms with van der Waals surface area (Å²) in [4.78, 5) is 32.0. The van der Waals surface area contributed by atoms with Crippen molar-refractivity contribution in [3.05, 3.63) is 51.4 Å². The highest BCUT2D eigenvalue weighted by Gasteiger charge is 2.33. The summed E-state index contributed by atoms with van der Waals surface area (Å²) < 4.78 is 0. The zero-order valence-corrected chi connectivity index (χ0v) is 17.1. The van der Waals surface area contributed by atoms with Crippen LogP contribution in [0.5, 0.6) is 0 Å². The average molecular weight is 406 g/mol. The first kappa shape index (κ1) is 19.8. The maximum absolute atomic E-state index is 13.1. The smallest absolute Gasteiger partial charge is 0.251 e. The van der Waals surface area contributed by atoms with E-state index >= 15 is 0 Å². The van der Waals surface area contributed by atoms with Crippen molar-refractivity contribution < 1.29 is 9.59 Å². The van der Waals surface area contributed by atoms with Gasteiger partial charge in [0.2, 0.25) is 5.91 Å². The Morgan fingerprint density at radius 2 is 2.04 bits per heavy atom. The molecular weight excluding hydrogens is 382 g/mol. The molecule has 2 unspecified atom stereocenters. The van der Waals surface area contributed by atoms with Crippen LogP contribution >= 0.6 is 22.9 Å². The molecule has 1 fully saturated rings. The molecule has 1 saturated heterocycles. The molecule has 1 N–H and O–H groups in total. The van der Waals surface area contributed by atoms with Crippen LogP contribution in [0.15, 0.2) is 35.8 Å². The Kier molecular flexibility index (Phi) is 6.50. The van der Waals surface area contributed by atoms with Gasteiger partial charge in [-0.1, -0.05) is 25.4 Å². The van der Waals surface area contributed by atoms with Crippen LogP contribution in [0.25, 0.3) is 0 Å². The minimum absolute atomic E-state index is 0.00557. The lowest BCUT2D eigenvalue weighted by Crippen LogP contribution is -2.53. The largest absolute Gasteiger partial charge is 0.340 e. The Labute approximate surface area is 168 Å². The van der Waals surface area contributed by atoms with Crippen molar-refractivity contribution in [2.45, 2.75) is 38.6 Å². The summed E-state index contributed by atoms with van der Waals surface area (Å²) >= 11 is 7.52. The number of nitrogens with zero attached hydrogens (tertiary/aromatic N) is 2.